The Morgan fingerprint density at radius 2 is 1.82 bits per heavy atom. The quantitative estimate of drug-likeness (QED) is 0.434. The molecular formula is C21H16Cl2N4O. The van der Waals surface area contributed by atoms with Crippen LogP contribution in [0.5, 0.6) is 11.5 Å². The largest absolute Gasteiger partial charge is 0.456 e. The Morgan fingerprint density at radius 3 is 2.64 bits per heavy atom. The lowest BCUT2D eigenvalue weighted by molar-refractivity contribution is 0.479. The van der Waals surface area contributed by atoms with E-state index in [1.54, 1.807) is 24.4 Å². The van der Waals surface area contributed by atoms with Gasteiger partial charge in [-0.15, -0.1) is 0 Å². The minimum Gasteiger partial charge on any atom is -0.456 e. The summed E-state index contributed by atoms with van der Waals surface area (Å²) in [6.45, 7) is 2.61. The fourth-order valence-corrected chi connectivity index (χ4v) is 3.28. The van der Waals surface area contributed by atoms with Crippen molar-refractivity contribution >= 4 is 40.1 Å². The van der Waals surface area contributed by atoms with E-state index in [-0.39, 0.29) is 0 Å². The first-order valence-corrected chi connectivity index (χ1v) is 9.38. The van der Waals surface area contributed by atoms with Crippen molar-refractivity contribution in [2.24, 2.45) is 0 Å². The second-order valence-electron chi connectivity index (χ2n) is 6.23. The fourth-order valence-electron chi connectivity index (χ4n) is 2.83. The molecule has 2 aromatic heterocycles. The first kappa shape index (κ1) is 18.5. The van der Waals surface area contributed by atoms with E-state index in [9.17, 15) is 0 Å². The summed E-state index contributed by atoms with van der Waals surface area (Å²) in [5, 5.41) is 5.28. The minimum absolute atomic E-state index is 0.474. The Labute approximate surface area is 172 Å². The van der Waals surface area contributed by atoms with E-state index in [1.165, 1.54) is 6.33 Å². The number of rotatable bonds is 5. The molecule has 140 valence electrons. The molecular weight excluding hydrogens is 395 g/mol. The lowest BCUT2D eigenvalue weighted by atomic mass is 10.1. The van der Waals surface area contributed by atoms with Crippen LogP contribution in [0.2, 0.25) is 10.0 Å². The second kappa shape index (κ2) is 8.00. The number of nitrogens with zero attached hydrogens (tertiary/aromatic N) is 3. The predicted molar refractivity (Wildman–Crippen MR) is 112 cm³/mol. The third-order valence-electron chi connectivity index (χ3n) is 4.22. The van der Waals surface area contributed by atoms with Crippen LogP contribution in [-0.2, 0) is 6.54 Å². The average molecular weight is 411 g/mol. The Morgan fingerprint density at radius 1 is 0.964 bits per heavy atom. The average Bonchev–Trinajstić information content (AvgIpc) is 2.70. The molecule has 0 fully saturated rings. The number of nitrogens with one attached hydrogen (secondary N) is 1. The van der Waals surface area contributed by atoms with E-state index in [1.807, 2.05) is 31.2 Å². The molecule has 0 saturated heterocycles. The molecule has 0 unspecified atom stereocenters. The van der Waals surface area contributed by atoms with Gasteiger partial charge in [-0.05, 0) is 54.4 Å². The molecule has 5 nitrogen and oxygen atoms in total. The summed E-state index contributed by atoms with van der Waals surface area (Å²) >= 11 is 12.1. The summed E-state index contributed by atoms with van der Waals surface area (Å²) < 4.78 is 5.93. The molecule has 0 aliphatic rings. The van der Waals surface area contributed by atoms with Crippen LogP contribution in [0.15, 0.2) is 61.1 Å². The Bertz CT molecular complexity index is 1150. The van der Waals surface area contributed by atoms with Gasteiger partial charge in [-0.2, -0.15) is 0 Å². The molecule has 0 radical (unpaired) electrons. The van der Waals surface area contributed by atoms with Gasteiger partial charge >= 0.3 is 0 Å². The fraction of sp³-hybridized carbons (Fsp3) is 0.0952. The summed E-state index contributed by atoms with van der Waals surface area (Å²) in [5.41, 5.74) is 2.77. The zero-order valence-corrected chi connectivity index (χ0v) is 16.5. The SMILES string of the molecule is Cc1cc(CNc2ncnc3ncccc23)ccc1Oc1ccc(Cl)cc1Cl. The summed E-state index contributed by atoms with van der Waals surface area (Å²) in [7, 11) is 0. The van der Waals surface area contributed by atoms with E-state index in [2.05, 4.69) is 26.3 Å². The number of fused-ring (bicyclic) bond motifs is 1. The van der Waals surface area contributed by atoms with Crippen LogP contribution in [0.25, 0.3) is 11.0 Å². The van der Waals surface area contributed by atoms with Crippen LogP contribution in [0.3, 0.4) is 0 Å². The smallest absolute Gasteiger partial charge is 0.164 e. The molecule has 0 bridgehead atoms. The molecule has 1 N–H and O–H groups in total. The first-order valence-electron chi connectivity index (χ1n) is 8.62. The number of ether oxygens (including phenoxy) is 1. The summed E-state index contributed by atoms with van der Waals surface area (Å²) in [6, 6.07) is 15.0. The van der Waals surface area contributed by atoms with Gasteiger partial charge in [-0.1, -0.05) is 35.3 Å². The van der Waals surface area contributed by atoms with Crippen molar-refractivity contribution < 1.29 is 4.74 Å². The molecule has 28 heavy (non-hydrogen) atoms. The highest BCUT2D eigenvalue weighted by Crippen LogP contribution is 2.33. The molecule has 0 aliphatic heterocycles. The zero-order chi connectivity index (χ0) is 19.5. The summed E-state index contributed by atoms with van der Waals surface area (Å²) in [6.07, 6.45) is 3.23. The molecule has 0 spiro atoms. The normalized spacial score (nSPS) is 10.8. The maximum atomic E-state index is 6.19. The summed E-state index contributed by atoms with van der Waals surface area (Å²) in [4.78, 5) is 12.7. The Hall–Kier alpha value is -2.89. The molecule has 0 atom stereocenters. The molecule has 7 heteroatoms. The number of benzene rings is 2. The third-order valence-corrected chi connectivity index (χ3v) is 4.75. The standard InChI is InChI=1S/C21H16Cl2N4O/c1-13-9-14(4-6-18(13)28-19-7-5-15(22)10-17(19)23)11-25-21-16-3-2-8-24-20(16)26-12-27-21/h2-10,12H,11H2,1H3,(H,24,25,26,27). The van der Waals surface area contributed by atoms with Crippen LogP contribution < -0.4 is 10.1 Å². The number of aromatic nitrogens is 3. The van der Waals surface area contributed by atoms with Crippen molar-refractivity contribution in [3.8, 4) is 11.5 Å². The van der Waals surface area contributed by atoms with Crippen molar-refractivity contribution in [3.05, 3.63) is 82.2 Å². The number of hydrogen-bond acceptors (Lipinski definition) is 5. The van der Waals surface area contributed by atoms with Crippen LogP contribution in [-0.4, -0.2) is 15.0 Å². The van der Waals surface area contributed by atoms with Crippen LogP contribution in [0.1, 0.15) is 11.1 Å². The Balaban J connectivity index is 1.50. The van der Waals surface area contributed by atoms with Crippen molar-refractivity contribution in [2.45, 2.75) is 13.5 Å². The lowest BCUT2D eigenvalue weighted by Crippen LogP contribution is -2.03. The van der Waals surface area contributed by atoms with Crippen molar-refractivity contribution in [1.82, 2.24) is 15.0 Å². The lowest BCUT2D eigenvalue weighted by Gasteiger charge is -2.13. The van der Waals surface area contributed by atoms with E-state index >= 15 is 0 Å². The highest BCUT2D eigenvalue weighted by atomic mass is 35.5. The maximum Gasteiger partial charge on any atom is 0.164 e. The van der Waals surface area contributed by atoms with E-state index in [0.29, 0.717) is 28.0 Å². The number of pyridine rings is 1. The van der Waals surface area contributed by atoms with Crippen LogP contribution in [0.4, 0.5) is 5.82 Å². The number of aryl methyl sites for hydroxylation is 1. The highest BCUT2D eigenvalue weighted by molar-refractivity contribution is 6.35. The van der Waals surface area contributed by atoms with Crippen molar-refractivity contribution in [3.63, 3.8) is 0 Å². The molecule has 0 aliphatic carbocycles. The third kappa shape index (κ3) is 4.01. The van der Waals surface area contributed by atoms with Gasteiger partial charge in [-0.3, -0.25) is 0 Å². The van der Waals surface area contributed by atoms with Crippen LogP contribution >= 0.6 is 23.2 Å². The summed E-state index contributed by atoms with van der Waals surface area (Å²) in [5.74, 6) is 2.06. The van der Waals surface area contributed by atoms with Gasteiger partial charge in [0.25, 0.3) is 0 Å². The van der Waals surface area contributed by atoms with E-state index in [4.69, 9.17) is 27.9 Å². The van der Waals surface area contributed by atoms with Gasteiger partial charge in [0.15, 0.2) is 5.65 Å². The molecule has 0 saturated carbocycles. The number of anilines is 1. The molecule has 0 amide bonds. The van der Waals surface area contributed by atoms with Crippen molar-refractivity contribution in [1.29, 1.82) is 0 Å². The predicted octanol–water partition coefficient (Wildman–Crippen LogP) is 6.04. The molecule has 2 heterocycles. The molecule has 4 aromatic rings. The van der Waals surface area contributed by atoms with Gasteiger partial charge in [0, 0.05) is 17.8 Å². The Kier molecular flexibility index (Phi) is 5.28. The minimum atomic E-state index is 0.474. The van der Waals surface area contributed by atoms with Crippen LogP contribution in [0, 0.1) is 6.92 Å². The van der Waals surface area contributed by atoms with Gasteiger partial charge in [0.2, 0.25) is 0 Å². The second-order valence-corrected chi connectivity index (χ2v) is 7.07. The number of halogens is 2. The van der Waals surface area contributed by atoms with Crippen molar-refractivity contribution in [2.75, 3.05) is 5.32 Å². The zero-order valence-electron chi connectivity index (χ0n) is 15.0. The van der Waals surface area contributed by atoms with Gasteiger partial charge < -0.3 is 10.1 Å². The van der Waals surface area contributed by atoms with Gasteiger partial charge in [0.1, 0.15) is 23.6 Å². The topological polar surface area (TPSA) is 59.9 Å². The first-order chi connectivity index (χ1) is 13.6. The monoisotopic (exact) mass is 410 g/mol. The van der Waals surface area contributed by atoms with E-state index < -0.39 is 0 Å². The van der Waals surface area contributed by atoms with Gasteiger partial charge in [0.05, 0.1) is 10.4 Å². The molecule has 2 aromatic carbocycles. The number of hydrogen-bond donors (Lipinski definition) is 1. The van der Waals surface area contributed by atoms with Gasteiger partial charge in [-0.25, -0.2) is 15.0 Å². The van der Waals surface area contributed by atoms with E-state index in [0.717, 1.165) is 28.1 Å². The molecule has 4 rings (SSSR count). The highest BCUT2D eigenvalue weighted by Gasteiger charge is 2.08. The maximum absolute atomic E-state index is 6.19.